The van der Waals surface area contributed by atoms with Gasteiger partial charge in [0.1, 0.15) is 5.72 Å². The summed E-state index contributed by atoms with van der Waals surface area (Å²) in [6.45, 7) is 10.6. The second-order valence-electron chi connectivity index (χ2n) is 4.54. The van der Waals surface area contributed by atoms with Crippen molar-refractivity contribution in [2.45, 2.75) is 38.3 Å². The molecule has 0 fully saturated rings. The highest BCUT2D eigenvalue weighted by molar-refractivity contribution is 4.97. The van der Waals surface area contributed by atoms with Gasteiger partial charge in [0.05, 0.1) is 0 Å². The molecule has 0 aliphatic carbocycles. The van der Waals surface area contributed by atoms with E-state index in [-0.39, 0.29) is 6.61 Å². The highest BCUT2D eigenvalue weighted by Gasteiger charge is 2.22. The Morgan fingerprint density at radius 2 is 1.83 bits per heavy atom. The highest BCUT2D eigenvalue weighted by Crippen LogP contribution is 2.12. The van der Waals surface area contributed by atoms with E-state index >= 15 is 0 Å². The average molecular weight is 253 g/mol. The Hall–Kier alpha value is -0.900. The summed E-state index contributed by atoms with van der Waals surface area (Å²) in [5.74, 6) is 0. The van der Waals surface area contributed by atoms with Gasteiger partial charge >= 0.3 is 0 Å². The van der Waals surface area contributed by atoms with Crippen LogP contribution in [0.1, 0.15) is 32.6 Å². The predicted molar refractivity (Wildman–Crippen MR) is 77.3 cm³/mol. The minimum Gasteiger partial charge on any atom is -0.396 e. The number of aliphatic hydroxyl groups excluding tert-OH is 1. The fraction of sp³-hybridized carbons (Fsp3) is 0.600. The van der Waals surface area contributed by atoms with E-state index < -0.39 is 5.72 Å². The van der Waals surface area contributed by atoms with Crippen molar-refractivity contribution in [2.24, 2.45) is 0 Å². The van der Waals surface area contributed by atoms with E-state index in [9.17, 15) is 5.11 Å². The zero-order valence-corrected chi connectivity index (χ0v) is 11.5. The third kappa shape index (κ3) is 7.43. The topological polar surface area (TPSA) is 43.7 Å². The van der Waals surface area contributed by atoms with Crippen LogP contribution in [0.15, 0.2) is 37.5 Å². The van der Waals surface area contributed by atoms with Crippen molar-refractivity contribution in [3.8, 4) is 0 Å². The first-order valence-electron chi connectivity index (χ1n) is 6.56. The van der Waals surface area contributed by atoms with Crippen molar-refractivity contribution in [3.05, 3.63) is 37.5 Å². The molecule has 0 saturated heterocycles. The predicted octanol–water partition coefficient (Wildman–Crippen LogP) is 2.48. The molecule has 0 rings (SSSR count). The van der Waals surface area contributed by atoms with Gasteiger partial charge in [0.15, 0.2) is 0 Å². The fourth-order valence-electron chi connectivity index (χ4n) is 1.60. The molecule has 0 bridgehead atoms. The summed E-state index contributed by atoms with van der Waals surface area (Å²) in [5.41, 5.74) is -1.00. The van der Waals surface area contributed by atoms with Gasteiger partial charge in [-0.2, -0.15) is 0 Å². The van der Waals surface area contributed by atoms with Crippen LogP contribution in [-0.2, 0) is 0 Å². The number of rotatable bonds is 11. The molecular formula is C15H27NO2. The first-order chi connectivity index (χ1) is 8.58. The number of hydrogen-bond donors (Lipinski definition) is 2. The summed E-state index contributed by atoms with van der Waals surface area (Å²) in [5, 5.41) is 18.7. The van der Waals surface area contributed by atoms with Gasteiger partial charge in [-0.05, 0) is 32.3 Å². The van der Waals surface area contributed by atoms with E-state index in [1.165, 1.54) is 6.08 Å². The van der Waals surface area contributed by atoms with Crippen LogP contribution in [0.5, 0.6) is 0 Å². The maximum Gasteiger partial charge on any atom is 0.135 e. The van der Waals surface area contributed by atoms with Crippen LogP contribution < -0.4 is 0 Å². The van der Waals surface area contributed by atoms with Gasteiger partial charge in [0, 0.05) is 19.7 Å². The summed E-state index contributed by atoms with van der Waals surface area (Å²) in [6, 6.07) is 0. The van der Waals surface area contributed by atoms with E-state index in [4.69, 9.17) is 5.11 Å². The second-order valence-corrected chi connectivity index (χ2v) is 4.54. The minimum absolute atomic E-state index is 0.277. The number of aliphatic hydroxyl groups is 2. The van der Waals surface area contributed by atoms with Crippen LogP contribution in [0, 0.1) is 0 Å². The largest absolute Gasteiger partial charge is 0.396 e. The van der Waals surface area contributed by atoms with Gasteiger partial charge in [-0.3, -0.25) is 4.90 Å². The molecule has 0 aliphatic heterocycles. The van der Waals surface area contributed by atoms with Gasteiger partial charge in [-0.25, -0.2) is 0 Å². The number of nitrogens with zero attached hydrogens (tertiary/aromatic N) is 1. The van der Waals surface area contributed by atoms with E-state index in [1.54, 1.807) is 13.0 Å². The normalized spacial score (nSPS) is 14.9. The molecule has 0 aromatic carbocycles. The Labute approximate surface area is 111 Å². The van der Waals surface area contributed by atoms with E-state index in [1.807, 2.05) is 4.90 Å². The lowest BCUT2D eigenvalue weighted by molar-refractivity contribution is -0.0388. The van der Waals surface area contributed by atoms with E-state index in [0.29, 0.717) is 13.1 Å². The molecule has 1 unspecified atom stereocenters. The van der Waals surface area contributed by atoms with Crippen LogP contribution in [0.3, 0.4) is 0 Å². The summed E-state index contributed by atoms with van der Waals surface area (Å²) >= 11 is 0. The molecule has 0 saturated carbocycles. The zero-order chi connectivity index (χ0) is 13.9. The minimum atomic E-state index is -1.00. The van der Waals surface area contributed by atoms with Crippen molar-refractivity contribution in [2.75, 3.05) is 19.7 Å². The summed E-state index contributed by atoms with van der Waals surface area (Å²) in [4.78, 5) is 1.89. The van der Waals surface area contributed by atoms with Gasteiger partial charge in [-0.1, -0.05) is 31.2 Å². The molecule has 0 spiro atoms. The molecule has 3 nitrogen and oxygen atoms in total. The van der Waals surface area contributed by atoms with Gasteiger partial charge in [0.25, 0.3) is 0 Å². The first kappa shape index (κ1) is 17.1. The Morgan fingerprint density at radius 3 is 2.39 bits per heavy atom. The Morgan fingerprint density at radius 1 is 1.11 bits per heavy atom. The lowest BCUT2D eigenvalue weighted by Gasteiger charge is -2.32. The maximum atomic E-state index is 10.1. The highest BCUT2D eigenvalue weighted by atomic mass is 16.3. The SMILES string of the molecule is C=CCN(C/C=C/CCCCCO)C(C)(O)C=C. The molecule has 0 aromatic heterocycles. The summed E-state index contributed by atoms with van der Waals surface area (Å²) in [7, 11) is 0. The number of unbranched alkanes of at least 4 members (excludes halogenated alkanes) is 3. The second kappa shape index (κ2) is 10.1. The third-order valence-corrected chi connectivity index (χ3v) is 2.90. The fourth-order valence-corrected chi connectivity index (χ4v) is 1.60. The van der Waals surface area contributed by atoms with Crippen LogP contribution in [0.4, 0.5) is 0 Å². The molecule has 0 amide bonds. The molecule has 18 heavy (non-hydrogen) atoms. The molecule has 0 aliphatic rings. The molecule has 2 N–H and O–H groups in total. The molecule has 0 heterocycles. The molecular weight excluding hydrogens is 226 g/mol. The molecule has 104 valence electrons. The molecule has 1 atom stereocenters. The lowest BCUT2D eigenvalue weighted by Crippen LogP contribution is -2.44. The monoisotopic (exact) mass is 253 g/mol. The standard InChI is InChI=1S/C15H27NO2/c1-4-12-16(15(3,18)5-2)13-10-8-6-7-9-11-14-17/h4-5,8,10,17-18H,1-2,6-7,9,11-14H2,3H3/b10-8+. The van der Waals surface area contributed by atoms with Crippen LogP contribution in [-0.4, -0.2) is 40.5 Å². The molecule has 0 radical (unpaired) electrons. The quantitative estimate of drug-likeness (QED) is 0.338. The van der Waals surface area contributed by atoms with Crippen molar-refractivity contribution >= 4 is 0 Å². The van der Waals surface area contributed by atoms with Crippen molar-refractivity contribution < 1.29 is 10.2 Å². The Kier molecular flexibility index (Phi) is 9.56. The van der Waals surface area contributed by atoms with Gasteiger partial charge in [0.2, 0.25) is 0 Å². The number of hydrogen-bond acceptors (Lipinski definition) is 3. The maximum absolute atomic E-state index is 10.1. The van der Waals surface area contributed by atoms with Gasteiger partial charge in [-0.15, -0.1) is 6.58 Å². The van der Waals surface area contributed by atoms with Crippen molar-refractivity contribution in [1.29, 1.82) is 0 Å². The lowest BCUT2D eigenvalue weighted by atomic mass is 10.2. The average Bonchev–Trinajstić information content (AvgIpc) is 2.36. The van der Waals surface area contributed by atoms with Crippen molar-refractivity contribution in [1.82, 2.24) is 4.90 Å². The Bertz CT molecular complexity index is 259. The van der Waals surface area contributed by atoms with Crippen molar-refractivity contribution in [3.63, 3.8) is 0 Å². The zero-order valence-electron chi connectivity index (χ0n) is 11.5. The van der Waals surface area contributed by atoms with Crippen LogP contribution >= 0.6 is 0 Å². The van der Waals surface area contributed by atoms with Gasteiger partial charge < -0.3 is 10.2 Å². The van der Waals surface area contributed by atoms with E-state index in [0.717, 1.165) is 25.7 Å². The van der Waals surface area contributed by atoms with Crippen LogP contribution in [0.25, 0.3) is 0 Å². The smallest absolute Gasteiger partial charge is 0.135 e. The summed E-state index contributed by atoms with van der Waals surface area (Å²) < 4.78 is 0. The number of allylic oxidation sites excluding steroid dienone is 1. The molecule has 0 aromatic rings. The summed E-state index contributed by atoms with van der Waals surface area (Å²) in [6.07, 6.45) is 11.5. The Balaban J connectivity index is 4.00. The third-order valence-electron chi connectivity index (χ3n) is 2.90. The van der Waals surface area contributed by atoms with Crippen LogP contribution in [0.2, 0.25) is 0 Å². The van der Waals surface area contributed by atoms with E-state index in [2.05, 4.69) is 25.3 Å². The molecule has 3 heteroatoms. The first-order valence-corrected chi connectivity index (χ1v) is 6.56.